The molecule has 0 unspecified atom stereocenters. The molecule has 2 heterocycles. The number of hydrogen-bond acceptors (Lipinski definition) is 6. The van der Waals surface area contributed by atoms with Gasteiger partial charge >= 0.3 is 0 Å². The molecule has 0 atom stereocenters. The lowest BCUT2D eigenvalue weighted by Gasteiger charge is -2.14. The lowest BCUT2D eigenvalue weighted by molar-refractivity contribution is 1.07. The van der Waals surface area contributed by atoms with Crippen LogP contribution in [0.2, 0.25) is 0 Å². The van der Waals surface area contributed by atoms with Crippen LogP contribution in [-0.4, -0.2) is 29.9 Å². The summed E-state index contributed by atoms with van der Waals surface area (Å²) in [5.41, 5.74) is 13.3. The highest BCUT2D eigenvalue weighted by atomic mass is 15.0. The van der Waals surface area contributed by atoms with E-state index in [1.807, 2.05) is 121 Å². The van der Waals surface area contributed by atoms with Gasteiger partial charge in [-0.1, -0.05) is 394 Å². The molecule has 0 bridgehead atoms. The molecule has 6 heteroatoms. The lowest BCUT2D eigenvalue weighted by Crippen LogP contribution is -2.00. The molecule has 504 valence electrons. The van der Waals surface area contributed by atoms with Crippen molar-refractivity contribution in [1.29, 1.82) is 0 Å². The van der Waals surface area contributed by atoms with E-state index in [1.54, 1.807) is 0 Å². The number of benzene rings is 19. The van der Waals surface area contributed by atoms with Crippen molar-refractivity contribution in [2.45, 2.75) is 0 Å². The summed E-state index contributed by atoms with van der Waals surface area (Å²) in [4.78, 5) is 29.6. The fourth-order valence-electron chi connectivity index (χ4n) is 15.6. The fourth-order valence-corrected chi connectivity index (χ4v) is 15.6. The zero-order valence-electron chi connectivity index (χ0n) is 58.8. The van der Waals surface area contributed by atoms with Gasteiger partial charge in [0.25, 0.3) is 0 Å². The SMILES string of the molecule is c1ccc(-c2ccc(-c3ccc(-c4cccc5c6ccccc6c6ccccc6c45)cc3)cc2)cc1.c1ccc(-c2nc(-c3ccccc3)nc(-c3ccc4c5ccccc5c5ccccc5c4c3)n2)cc1.c1ccc(-c2nc(-c3ccccc3)nc(-c3cccc4c5ccccc5c5ccccc5c34)n2)cc1. The number of nitrogens with zero attached hydrogens (tertiary/aromatic N) is 6. The molecule has 6 nitrogen and oxygen atoms in total. The van der Waals surface area contributed by atoms with Crippen LogP contribution in [0.15, 0.2) is 400 Å². The first-order chi connectivity index (χ1) is 53.6. The van der Waals surface area contributed by atoms with E-state index in [4.69, 9.17) is 29.9 Å². The van der Waals surface area contributed by atoms with E-state index in [0.29, 0.717) is 34.9 Å². The van der Waals surface area contributed by atoms with Crippen molar-refractivity contribution in [3.05, 3.63) is 400 Å². The monoisotopic (exact) mass is 1370 g/mol. The van der Waals surface area contributed by atoms with Gasteiger partial charge in [0.2, 0.25) is 0 Å². The van der Waals surface area contributed by atoms with Gasteiger partial charge in [-0.15, -0.1) is 0 Å². The second-order valence-corrected chi connectivity index (χ2v) is 27.1. The molecule has 0 spiro atoms. The highest BCUT2D eigenvalue weighted by Crippen LogP contribution is 2.44. The van der Waals surface area contributed by atoms with Crippen LogP contribution in [0.25, 0.3) is 199 Å². The third kappa shape index (κ3) is 12.1. The van der Waals surface area contributed by atoms with E-state index < -0.39 is 0 Å². The average molecular weight is 1380 g/mol. The Morgan fingerprint density at radius 2 is 0.315 bits per heavy atom. The van der Waals surface area contributed by atoms with Gasteiger partial charge in [-0.3, -0.25) is 0 Å². The topological polar surface area (TPSA) is 77.3 Å². The first-order valence-electron chi connectivity index (χ1n) is 36.6. The Morgan fingerprint density at radius 3 is 0.648 bits per heavy atom. The largest absolute Gasteiger partial charge is 0.208 e. The Bertz CT molecular complexity index is 6640. The third-order valence-electron chi connectivity index (χ3n) is 20.7. The Kier molecular flexibility index (Phi) is 16.9. The van der Waals surface area contributed by atoms with E-state index in [2.05, 4.69) is 279 Å². The molecule has 0 N–H and O–H groups in total. The number of aromatic nitrogens is 6. The van der Waals surface area contributed by atoms with Crippen LogP contribution >= 0.6 is 0 Å². The van der Waals surface area contributed by atoms with Crippen molar-refractivity contribution in [2.75, 3.05) is 0 Å². The highest BCUT2D eigenvalue weighted by molar-refractivity contribution is 6.30. The Balaban J connectivity index is 0.000000110. The Morgan fingerprint density at radius 1 is 0.111 bits per heavy atom. The van der Waals surface area contributed by atoms with Crippen LogP contribution < -0.4 is 0 Å². The molecule has 19 aromatic carbocycles. The average Bonchev–Trinajstić information content (AvgIpc) is 0.746. The molecule has 21 aromatic rings. The summed E-state index contributed by atoms with van der Waals surface area (Å²) in [5.74, 6) is 4.02. The second kappa shape index (κ2) is 28.3. The minimum absolute atomic E-state index is 0.668. The van der Waals surface area contributed by atoms with Crippen molar-refractivity contribution in [1.82, 2.24) is 29.9 Å². The molecule has 0 radical (unpaired) electrons. The second-order valence-electron chi connectivity index (χ2n) is 27.1. The predicted molar refractivity (Wildman–Crippen MR) is 453 cm³/mol. The normalized spacial score (nSPS) is 11.3. The van der Waals surface area contributed by atoms with E-state index in [9.17, 15) is 0 Å². The van der Waals surface area contributed by atoms with Crippen LogP contribution in [0.5, 0.6) is 0 Å². The van der Waals surface area contributed by atoms with Crippen molar-refractivity contribution < 1.29 is 0 Å². The Hall–Kier alpha value is -14.5. The smallest absolute Gasteiger partial charge is 0.164 e. The van der Waals surface area contributed by atoms with Crippen LogP contribution in [0.3, 0.4) is 0 Å². The molecule has 0 fully saturated rings. The summed E-state index contributed by atoms with van der Waals surface area (Å²) in [5, 5.41) is 22.6. The maximum absolute atomic E-state index is 5.01. The van der Waals surface area contributed by atoms with Crippen molar-refractivity contribution in [3.8, 4) is 102 Å². The van der Waals surface area contributed by atoms with E-state index in [1.165, 1.54) is 125 Å². The minimum Gasteiger partial charge on any atom is -0.208 e. The zero-order valence-corrected chi connectivity index (χ0v) is 58.8. The van der Waals surface area contributed by atoms with Crippen LogP contribution in [0.4, 0.5) is 0 Å². The Labute approximate surface area is 625 Å². The standard InChI is InChI=1S/C36H24.2C33H21N3/c1-2-9-25(10-3-1)26-17-19-27(20-18-26)28-21-23-29(24-22-28)30-15-8-16-35-33-12-5-4-11-31(33)32-13-6-7-14-34(32)36(30)35;1-3-12-22(13-4-1)31-34-32(23-14-5-2-6-15-23)36-33(35-31)29-21-11-20-28-26-17-8-7-16-24(26)25-18-9-10-19-27(25)30(28)29;1-3-11-22(12-4-1)31-34-32(23-13-5-2-6-14-23)36-33(35-31)24-19-20-29-27-17-8-7-15-25(27)26-16-9-10-18-28(26)30(29)21-24/h1-24H;2*1-21H. The molecule has 2 aromatic heterocycles. The zero-order chi connectivity index (χ0) is 71.7. The van der Waals surface area contributed by atoms with Gasteiger partial charge in [0.15, 0.2) is 34.9 Å². The molecular formula is C102H66N6. The molecule has 21 rings (SSSR count). The maximum Gasteiger partial charge on any atom is 0.164 e. The van der Waals surface area contributed by atoms with Crippen molar-refractivity contribution in [3.63, 3.8) is 0 Å². The number of fused-ring (bicyclic) bond motifs is 18. The first-order valence-corrected chi connectivity index (χ1v) is 36.6. The first kappa shape index (κ1) is 64.4. The quantitative estimate of drug-likeness (QED) is 0.134. The van der Waals surface area contributed by atoms with Crippen LogP contribution in [-0.2, 0) is 0 Å². The van der Waals surface area contributed by atoms with Crippen LogP contribution in [0, 0.1) is 0 Å². The van der Waals surface area contributed by atoms with E-state index in [-0.39, 0.29) is 0 Å². The molecule has 0 amide bonds. The molecular weight excluding hydrogens is 1310 g/mol. The minimum atomic E-state index is 0.668. The van der Waals surface area contributed by atoms with Crippen molar-refractivity contribution in [2.24, 2.45) is 0 Å². The molecule has 0 aliphatic rings. The summed E-state index contributed by atoms with van der Waals surface area (Å²) in [6, 6.07) is 141. The van der Waals surface area contributed by atoms with Crippen LogP contribution in [0.1, 0.15) is 0 Å². The van der Waals surface area contributed by atoms with E-state index >= 15 is 0 Å². The molecule has 0 aliphatic heterocycles. The van der Waals surface area contributed by atoms with Gasteiger partial charge in [0, 0.05) is 38.8 Å². The molecule has 0 saturated heterocycles. The fraction of sp³-hybridized carbons (Fsp3) is 0. The number of rotatable bonds is 9. The molecule has 108 heavy (non-hydrogen) atoms. The van der Waals surface area contributed by atoms with E-state index in [0.717, 1.165) is 38.8 Å². The summed E-state index contributed by atoms with van der Waals surface area (Å²) in [7, 11) is 0. The van der Waals surface area contributed by atoms with Gasteiger partial charge < -0.3 is 0 Å². The molecule has 0 saturated carbocycles. The summed E-state index contributed by atoms with van der Waals surface area (Å²) < 4.78 is 0. The maximum atomic E-state index is 5.01. The summed E-state index contributed by atoms with van der Waals surface area (Å²) in [6.45, 7) is 0. The van der Waals surface area contributed by atoms with Gasteiger partial charge in [-0.05, 0) is 131 Å². The van der Waals surface area contributed by atoms with Gasteiger partial charge in [-0.2, -0.15) is 0 Å². The summed E-state index contributed by atoms with van der Waals surface area (Å²) in [6.07, 6.45) is 0. The van der Waals surface area contributed by atoms with Gasteiger partial charge in [0.05, 0.1) is 0 Å². The third-order valence-corrected chi connectivity index (χ3v) is 20.7. The predicted octanol–water partition coefficient (Wildman–Crippen LogP) is 26.8. The summed E-state index contributed by atoms with van der Waals surface area (Å²) >= 11 is 0. The van der Waals surface area contributed by atoms with Gasteiger partial charge in [-0.25, -0.2) is 29.9 Å². The lowest BCUT2D eigenvalue weighted by atomic mass is 9.89. The highest BCUT2D eigenvalue weighted by Gasteiger charge is 2.20. The van der Waals surface area contributed by atoms with Crippen molar-refractivity contribution >= 4 is 97.0 Å². The van der Waals surface area contributed by atoms with Gasteiger partial charge in [0.1, 0.15) is 0 Å². The molecule has 0 aliphatic carbocycles. The number of hydrogen-bond donors (Lipinski definition) is 0.